The molecular formula is C16H13N3OS. The van der Waals surface area contributed by atoms with Gasteiger partial charge in [0.15, 0.2) is 0 Å². The molecule has 0 spiro atoms. The van der Waals surface area contributed by atoms with Crippen molar-refractivity contribution >= 4 is 33.9 Å². The summed E-state index contributed by atoms with van der Waals surface area (Å²) in [7, 11) is 0. The Labute approximate surface area is 125 Å². The molecule has 2 aromatic heterocycles. The van der Waals surface area contributed by atoms with Crippen LogP contribution in [-0.4, -0.2) is 16.6 Å². The summed E-state index contributed by atoms with van der Waals surface area (Å²) in [5.41, 5.74) is 8.00. The second-order valence-corrected chi connectivity index (χ2v) is 5.87. The molecule has 21 heavy (non-hydrogen) atoms. The molecule has 104 valence electrons. The Hall–Kier alpha value is -2.40. The Balaban J connectivity index is 1.75. The molecule has 1 aliphatic heterocycles. The Kier molecular flexibility index (Phi) is 2.86. The van der Waals surface area contributed by atoms with Crippen LogP contribution in [0.4, 0.5) is 0 Å². The number of fused-ring (bicyclic) bond motifs is 1. The molecule has 0 bridgehead atoms. The number of H-pyrrole nitrogens is 1. The number of hydrogen-bond donors (Lipinski definition) is 2. The summed E-state index contributed by atoms with van der Waals surface area (Å²) < 4.78 is 0. The highest BCUT2D eigenvalue weighted by atomic mass is 32.1. The fraction of sp³-hybridized carbons (Fsp3) is 0.125. The quantitative estimate of drug-likeness (QED) is 0.747. The third-order valence-corrected chi connectivity index (χ3v) is 4.37. The number of hydrogen-bond acceptors (Lipinski definition) is 3. The summed E-state index contributed by atoms with van der Waals surface area (Å²) in [6.45, 7) is 0. The van der Waals surface area contributed by atoms with Crippen LogP contribution in [0, 0.1) is 0 Å². The van der Waals surface area contributed by atoms with Gasteiger partial charge in [-0.2, -0.15) is 16.4 Å². The van der Waals surface area contributed by atoms with Crippen LogP contribution in [-0.2, 0) is 4.79 Å². The number of nitrogens with one attached hydrogen (secondary N) is 2. The Morgan fingerprint density at radius 3 is 2.81 bits per heavy atom. The zero-order chi connectivity index (χ0) is 14.2. The highest BCUT2D eigenvalue weighted by Gasteiger charge is 2.14. The second-order valence-electron chi connectivity index (χ2n) is 5.09. The van der Waals surface area contributed by atoms with Crippen molar-refractivity contribution < 1.29 is 4.79 Å². The summed E-state index contributed by atoms with van der Waals surface area (Å²) in [6, 6.07) is 10.5. The monoisotopic (exact) mass is 295 g/mol. The summed E-state index contributed by atoms with van der Waals surface area (Å²) in [4.78, 5) is 14.6. The maximum absolute atomic E-state index is 11.2. The van der Waals surface area contributed by atoms with Crippen LogP contribution in [0.1, 0.15) is 18.4 Å². The molecule has 3 heterocycles. The Morgan fingerprint density at radius 2 is 2.05 bits per heavy atom. The zero-order valence-corrected chi connectivity index (χ0v) is 12.0. The van der Waals surface area contributed by atoms with Gasteiger partial charge in [0.2, 0.25) is 5.91 Å². The van der Waals surface area contributed by atoms with Gasteiger partial charge in [-0.25, -0.2) is 5.43 Å². The zero-order valence-electron chi connectivity index (χ0n) is 11.2. The van der Waals surface area contributed by atoms with E-state index in [4.69, 9.17) is 0 Å². The summed E-state index contributed by atoms with van der Waals surface area (Å²) in [6.07, 6.45) is 1.20. The first-order valence-corrected chi connectivity index (χ1v) is 7.75. The predicted molar refractivity (Wildman–Crippen MR) is 85.5 cm³/mol. The summed E-state index contributed by atoms with van der Waals surface area (Å²) in [5.74, 6) is -0.0128. The predicted octanol–water partition coefficient (Wildman–Crippen LogP) is 3.51. The lowest BCUT2D eigenvalue weighted by atomic mass is 10.0. The standard InChI is InChI=1S/C16H13N3OS/c20-16-4-3-14(18-19-16)10-1-2-13-12(7-10)8-15(17-13)11-5-6-21-9-11/h1-2,5-9,17H,3-4H2,(H,19,20). The van der Waals surface area contributed by atoms with E-state index < -0.39 is 0 Å². The van der Waals surface area contributed by atoms with Gasteiger partial charge in [-0.1, -0.05) is 6.07 Å². The SMILES string of the molecule is O=C1CCC(c2ccc3[nH]c(-c4ccsc4)cc3c2)=NN1. The van der Waals surface area contributed by atoms with E-state index in [1.54, 1.807) is 11.3 Å². The van der Waals surface area contributed by atoms with Crippen LogP contribution >= 0.6 is 11.3 Å². The van der Waals surface area contributed by atoms with Crippen LogP contribution < -0.4 is 5.43 Å². The molecule has 0 saturated carbocycles. The van der Waals surface area contributed by atoms with Gasteiger partial charge in [0.1, 0.15) is 0 Å². The van der Waals surface area contributed by atoms with E-state index in [-0.39, 0.29) is 5.91 Å². The first-order valence-electron chi connectivity index (χ1n) is 6.81. The number of carbonyl (C=O) groups excluding carboxylic acids is 1. The number of carbonyl (C=O) groups is 1. The number of thiophene rings is 1. The first kappa shape index (κ1) is 12.3. The van der Waals surface area contributed by atoms with E-state index in [2.05, 4.69) is 50.5 Å². The van der Waals surface area contributed by atoms with Crippen molar-refractivity contribution in [2.24, 2.45) is 5.10 Å². The molecule has 3 aromatic rings. The van der Waals surface area contributed by atoms with Crippen molar-refractivity contribution in [3.63, 3.8) is 0 Å². The fourth-order valence-electron chi connectivity index (χ4n) is 2.57. The van der Waals surface area contributed by atoms with Crippen LogP contribution in [0.5, 0.6) is 0 Å². The van der Waals surface area contributed by atoms with Gasteiger partial charge in [0.25, 0.3) is 0 Å². The van der Waals surface area contributed by atoms with E-state index in [0.29, 0.717) is 12.8 Å². The molecule has 0 aliphatic carbocycles. The molecule has 4 nitrogen and oxygen atoms in total. The number of rotatable bonds is 2. The van der Waals surface area contributed by atoms with Gasteiger partial charge in [-0.3, -0.25) is 4.79 Å². The van der Waals surface area contributed by atoms with Gasteiger partial charge in [0, 0.05) is 40.4 Å². The van der Waals surface area contributed by atoms with Crippen molar-refractivity contribution in [1.82, 2.24) is 10.4 Å². The van der Waals surface area contributed by atoms with Crippen molar-refractivity contribution in [2.45, 2.75) is 12.8 Å². The lowest BCUT2D eigenvalue weighted by Crippen LogP contribution is -2.25. The van der Waals surface area contributed by atoms with E-state index in [1.165, 1.54) is 5.56 Å². The summed E-state index contributed by atoms with van der Waals surface area (Å²) >= 11 is 1.69. The third kappa shape index (κ3) is 2.25. The minimum absolute atomic E-state index is 0.0128. The highest BCUT2D eigenvalue weighted by molar-refractivity contribution is 7.08. The topological polar surface area (TPSA) is 57.2 Å². The second kappa shape index (κ2) is 4.86. The largest absolute Gasteiger partial charge is 0.355 e. The molecule has 2 N–H and O–H groups in total. The minimum Gasteiger partial charge on any atom is -0.355 e. The lowest BCUT2D eigenvalue weighted by molar-refractivity contribution is -0.121. The van der Waals surface area contributed by atoms with Gasteiger partial charge in [-0.15, -0.1) is 0 Å². The number of benzene rings is 1. The molecule has 1 aromatic carbocycles. The number of nitrogens with zero attached hydrogens (tertiary/aromatic N) is 1. The number of amides is 1. The normalized spacial score (nSPS) is 15.0. The van der Waals surface area contributed by atoms with Gasteiger partial charge < -0.3 is 4.98 Å². The number of aromatic nitrogens is 1. The van der Waals surface area contributed by atoms with E-state index in [1.807, 2.05) is 6.07 Å². The molecular weight excluding hydrogens is 282 g/mol. The fourth-order valence-corrected chi connectivity index (χ4v) is 3.22. The molecule has 4 rings (SSSR count). The minimum atomic E-state index is -0.0128. The first-order chi connectivity index (χ1) is 10.3. The Bertz CT molecular complexity index is 846. The average molecular weight is 295 g/mol. The number of hydrazone groups is 1. The Morgan fingerprint density at radius 1 is 1.10 bits per heavy atom. The lowest BCUT2D eigenvalue weighted by Gasteiger charge is -2.11. The van der Waals surface area contributed by atoms with Crippen molar-refractivity contribution in [2.75, 3.05) is 0 Å². The average Bonchev–Trinajstić information content (AvgIpc) is 3.16. The molecule has 0 radical (unpaired) electrons. The van der Waals surface area contributed by atoms with Crippen molar-refractivity contribution in [1.29, 1.82) is 0 Å². The van der Waals surface area contributed by atoms with Crippen LogP contribution in [0.15, 0.2) is 46.2 Å². The molecule has 0 unspecified atom stereocenters. The molecule has 0 saturated heterocycles. The van der Waals surface area contributed by atoms with E-state index in [0.717, 1.165) is 27.9 Å². The van der Waals surface area contributed by atoms with Crippen LogP contribution in [0.3, 0.4) is 0 Å². The van der Waals surface area contributed by atoms with Gasteiger partial charge >= 0.3 is 0 Å². The van der Waals surface area contributed by atoms with Crippen molar-refractivity contribution in [3.8, 4) is 11.3 Å². The molecule has 5 heteroatoms. The maximum atomic E-state index is 11.2. The molecule has 0 atom stereocenters. The third-order valence-electron chi connectivity index (χ3n) is 3.69. The summed E-state index contributed by atoms with van der Waals surface area (Å²) in [5, 5.41) is 9.52. The van der Waals surface area contributed by atoms with Crippen LogP contribution in [0.2, 0.25) is 0 Å². The molecule has 1 amide bonds. The van der Waals surface area contributed by atoms with E-state index >= 15 is 0 Å². The smallest absolute Gasteiger partial charge is 0.240 e. The maximum Gasteiger partial charge on any atom is 0.240 e. The van der Waals surface area contributed by atoms with Crippen molar-refractivity contribution in [3.05, 3.63) is 46.7 Å². The molecule has 1 aliphatic rings. The van der Waals surface area contributed by atoms with E-state index in [9.17, 15) is 4.79 Å². The van der Waals surface area contributed by atoms with Gasteiger partial charge in [0.05, 0.1) is 5.71 Å². The van der Waals surface area contributed by atoms with Crippen LogP contribution in [0.25, 0.3) is 22.2 Å². The van der Waals surface area contributed by atoms with Gasteiger partial charge in [-0.05, 0) is 35.2 Å². The number of aromatic amines is 1. The highest BCUT2D eigenvalue weighted by Crippen LogP contribution is 2.27. The molecule has 0 fully saturated rings.